The zero-order valence-corrected chi connectivity index (χ0v) is 15.1. The molecule has 1 aliphatic carbocycles. The quantitative estimate of drug-likeness (QED) is 0.823. The first-order valence-corrected chi connectivity index (χ1v) is 8.91. The predicted octanol–water partition coefficient (Wildman–Crippen LogP) is 2.54. The topological polar surface area (TPSA) is 66.6 Å². The van der Waals surface area contributed by atoms with Crippen molar-refractivity contribution in [3.63, 3.8) is 0 Å². The molecule has 0 spiro atoms. The van der Waals surface area contributed by atoms with Crippen LogP contribution < -0.4 is 10.6 Å². The van der Waals surface area contributed by atoms with Crippen LogP contribution in [0.25, 0.3) is 0 Å². The van der Waals surface area contributed by atoms with Gasteiger partial charge in [-0.25, -0.2) is 4.39 Å². The number of benzene rings is 1. The van der Waals surface area contributed by atoms with E-state index in [0.717, 1.165) is 18.8 Å². The first-order valence-electron chi connectivity index (χ1n) is 8.91. The second kappa shape index (κ2) is 8.94. The number of halogens is 1. The van der Waals surface area contributed by atoms with Crippen molar-refractivity contribution in [2.45, 2.75) is 45.1 Å². The lowest BCUT2D eigenvalue weighted by Crippen LogP contribution is -2.44. The number of hydrogen-bond acceptors (Lipinski definition) is 3. The maximum absolute atomic E-state index is 13.2. The number of nitrogens with two attached hydrogens (primary N) is 1. The number of likely N-dealkylation sites (N-methyl/N-ethyl adjacent to an activating group) is 1. The van der Waals surface area contributed by atoms with Gasteiger partial charge < -0.3 is 10.6 Å². The van der Waals surface area contributed by atoms with Crippen LogP contribution >= 0.6 is 0 Å². The van der Waals surface area contributed by atoms with Crippen molar-refractivity contribution in [3.05, 3.63) is 30.1 Å². The van der Waals surface area contributed by atoms with E-state index in [1.165, 1.54) is 29.9 Å². The third-order valence-corrected chi connectivity index (χ3v) is 5.01. The van der Waals surface area contributed by atoms with Crippen molar-refractivity contribution in [2.75, 3.05) is 25.0 Å². The molecule has 0 heterocycles. The van der Waals surface area contributed by atoms with Crippen molar-refractivity contribution in [1.29, 1.82) is 0 Å². The fourth-order valence-electron chi connectivity index (χ4n) is 3.35. The normalized spacial score (nSPS) is 20.5. The molecule has 0 radical (unpaired) electrons. The summed E-state index contributed by atoms with van der Waals surface area (Å²) in [6.07, 6.45) is 4.65. The molecule has 1 aromatic rings. The van der Waals surface area contributed by atoms with Crippen LogP contribution in [0.2, 0.25) is 0 Å². The molecule has 2 N–H and O–H groups in total. The van der Waals surface area contributed by atoms with Gasteiger partial charge in [0.1, 0.15) is 5.82 Å². The van der Waals surface area contributed by atoms with Crippen LogP contribution in [-0.2, 0) is 9.59 Å². The second-order valence-corrected chi connectivity index (χ2v) is 7.07. The summed E-state index contributed by atoms with van der Waals surface area (Å²) in [4.78, 5) is 27.5. The van der Waals surface area contributed by atoms with Crippen LogP contribution in [0.15, 0.2) is 24.3 Å². The molecule has 5 nitrogen and oxygen atoms in total. The summed E-state index contributed by atoms with van der Waals surface area (Å²) in [5.41, 5.74) is 5.81. The van der Waals surface area contributed by atoms with E-state index in [1.54, 1.807) is 12.1 Å². The summed E-state index contributed by atoms with van der Waals surface area (Å²) in [6, 6.07) is 6.14. The van der Waals surface area contributed by atoms with Gasteiger partial charge in [-0.2, -0.15) is 0 Å². The summed E-state index contributed by atoms with van der Waals surface area (Å²) in [5, 5.41) is 0. The van der Waals surface area contributed by atoms with E-state index in [0.29, 0.717) is 11.7 Å². The van der Waals surface area contributed by atoms with Crippen LogP contribution in [0.3, 0.4) is 0 Å². The van der Waals surface area contributed by atoms with Gasteiger partial charge in [-0.15, -0.1) is 0 Å². The van der Waals surface area contributed by atoms with Gasteiger partial charge in [0.05, 0.1) is 6.54 Å². The Kier molecular flexibility index (Phi) is 6.93. The molecule has 1 aromatic carbocycles. The van der Waals surface area contributed by atoms with Crippen LogP contribution in [0.5, 0.6) is 0 Å². The summed E-state index contributed by atoms with van der Waals surface area (Å²) < 4.78 is 13.2. The van der Waals surface area contributed by atoms with Gasteiger partial charge in [0.15, 0.2) is 0 Å². The molecule has 1 fully saturated rings. The van der Waals surface area contributed by atoms with Gasteiger partial charge in [-0.05, 0) is 62.9 Å². The third kappa shape index (κ3) is 5.81. The minimum absolute atomic E-state index is 0.0772. The minimum Gasteiger partial charge on any atom is -0.370 e. The molecule has 138 valence electrons. The van der Waals surface area contributed by atoms with Crippen LogP contribution in [0.1, 0.15) is 39.0 Å². The van der Waals surface area contributed by atoms with Crippen LogP contribution in [-0.4, -0.2) is 42.9 Å². The Balaban J connectivity index is 2.03. The predicted molar refractivity (Wildman–Crippen MR) is 96.6 cm³/mol. The second-order valence-electron chi connectivity index (χ2n) is 7.07. The zero-order valence-electron chi connectivity index (χ0n) is 15.1. The van der Waals surface area contributed by atoms with Gasteiger partial charge in [0.25, 0.3) is 0 Å². The fourth-order valence-corrected chi connectivity index (χ4v) is 3.35. The van der Waals surface area contributed by atoms with Crippen LogP contribution in [0, 0.1) is 11.7 Å². The van der Waals surface area contributed by atoms with Gasteiger partial charge in [0, 0.05) is 24.7 Å². The SMILES string of the molecule is CC1CCC(N(C)CC(=O)N(CCC(N)=O)c2ccc(F)cc2)CC1. The summed E-state index contributed by atoms with van der Waals surface area (Å²) in [6.45, 7) is 2.74. The Bertz CT molecular complexity index is 583. The molecule has 0 unspecified atom stereocenters. The lowest BCUT2D eigenvalue weighted by atomic mass is 9.87. The van der Waals surface area contributed by atoms with E-state index in [2.05, 4.69) is 11.8 Å². The van der Waals surface area contributed by atoms with Gasteiger partial charge in [0.2, 0.25) is 11.8 Å². The average molecular weight is 349 g/mol. The monoisotopic (exact) mass is 349 g/mol. The number of rotatable bonds is 7. The van der Waals surface area contributed by atoms with Gasteiger partial charge in [-0.1, -0.05) is 6.92 Å². The van der Waals surface area contributed by atoms with E-state index >= 15 is 0 Å². The molecule has 1 aliphatic rings. The van der Waals surface area contributed by atoms with E-state index in [9.17, 15) is 14.0 Å². The number of primary amides is 1. The highest BCUT2D eigenvalue weighted by Crippen LogP contribution is 2.26. The standard InChI is InChI=1S/C19H28FN3O2/c1-14-3-7-16(8-4-14)22(2)13-19(25)23(12-11-18(21)24)17-9-5-15(20)6-10-17/h5-6,9-10,14,16H,3-4,7-8,11-13H2,1-2H3,(H2,21,24). The molecule has 0 aliphatic heterocycles. The molecule has 2 rings (SSSR count). The minimum atomic E-state index is -0.463. The summed E-state index contributed by atoms with van der Waals surface area (Å²) >= 11 is 0. The van der Waals surface area contributed by atoms with Crippen molar-refractivity contribution in [2.24, 2.45) is 11.7 Å². The smallest absolute Gasteiger partial charge is 0.241 e. The lowest BCUT2D eigenvalue weighted by molar-refractivity contribution is -0.120. The van der Waals surface area contributed by atoms with E-state index in [1.807, 2.05) is 7.05 Å². The number of hydrogen-bond donors (Lipinski definition) is 1. The van der Waals surface area contributed by atoms with Crippen LogP contribution in [0.4, 0.5) is 10.1 Å². The first kappa shape index (κ1) is 19.4. The Morgan fingerprint density at radius 2 is 1.76 bits per heavy atom. The van der Waals surface area contributed by atoms with Crippen molar-refractivity contribution in [3.8, 4) is 0 Å². The first-order chi connectivity index (χ1) is 11.9. The zero-order chi connectivity index (χ0) is 18.4. The maximum Gasteiger partial charge on any atom is 0.241 e. The number of amides is 2. The maximum atomic E-state index is 13.2. The number of anilines is 1. The highest BCUT2D eigenvalue weighted by molar-refractivity contribution is 5.95. The number of nitrogens with zero attached hydrogens (tertiary/aromatic N) is 2. The van der Waals surface area contributed by atoms with E-state index in [-0.39, 0.29) is 31.2 Å². The molecule has 0 bridgehead atoms. The Morgan fingerprint density at radius 3 is 2.32 bits per heavy atom. The third-order valence-electron chi connectivity index (χ3n) is 5.01. The van der Waals surface area contributed by atoms with Crippen molar-refractivity contribution < 1.29 is 14.0 Å². The molecule has 1 saturated carbocycles. The highest BCUT2D eigenvalue weighted by atomic mass is 19.1. The van der Waals surface area contributed by atoms with Crippen molar-refractivity contribution in [1.82, 2.24) is 4.90 Å². The van der Waals surface area contributed by atoms with Gasteiger partial charge in [-0.3, -0.25) is 14.5 Å². The summed E-state index contributed by atoms with van der Waals surface area (Å²) in [5.74, 6) is -0.172. The Morgan fingerprint density at radius 1 is 1.16 bits per heavy atom. The van der Waals surface area contributed by atoms with Crippen molar-refractivity contribution >= 4 is 17.5 Å². The molecule has 0 atom stereocenters. The molecule has 0 saturated heterocycles. The molecule has 0 aromatic heterocycles. The fraction of sp³-hybridized carbons (Fsp3) is 0.579. The average Bonchev–Trinajstić information content (AvgIpc) is 2.57. The molecule has 25 heavy (non-hydrogen) atoms. The largest absolute Gasteiger partial charge is 0.370 e. The molecular formula is C19H28FN3O2. The summed E-state index contributed by atoms with van der Waals surface area (Å²) in [7, 11) is 1.97. The molecule has 6 heteroatoms. The van der Waals surface area contributed by atoms with E-state index in [4.69, 9.17) is 5.73 Å². The Labute approximate surface area is 149 Å². The molecule has 2 amide bonds. The highest BCUT2D eigenvalue weighted by Gasteiger charge is 2.25. The molecular weight excluding hydrogens is 321 g/mol. The lowest BCUT2D eigenvalue weighted by Gasteiger charge is -2.34. The number of carbonyl (C=O) groups is 2. The Hall–Kier alpha value is -1.95. The van der Waals surface area contributed by atoms with Gasteiger partial charge >= 0.3 is 0 Å². The number of carbonyl (C=O) groups excluding carboxylic acids is 2. The van der Waals surface area contributed by atoms with E-state index < -0.39 is 5.91 Å².